The van der Waals surface area contributed by atoms with E-state index >= 15 is 0 Å². The van der Waals surface area contributed by atoms with Crippen molar-refractivity contribution in [2.45, 2.75) is 187 Å². The minimum atomic E-state index is -3.04. The number of allylic oxidation sites excluding steroid dienone is 8. The molecule has 0 aliphatic rings. The monoisotopic (exact) mass is 678 g/mol. The highest BCUT2D eigenvalue weighted by Gasteiger charge is 2.19. The number of nitrogens with zero attached hydrogens (tertiary/aromatic N) is 1. The molecule has 0 aromatic heterocycles. The van der Waals surface area contributed by atoms with E-state index in [4.69, 9.17) is 9.05 Å². The molecule has 0 saturated heterocycles. The van der Waals surface area contributed by atoms with Crippen molar-refractivity contribution in [3.8, 4) is 0 Å². The van der Waals surface area contributed by atoms with Gasteiger partial charge in [-0.15, -0.1) is 0 Å². The molecule has 5 heteroatoms. The predicted molar refractivity (Wildman–Crippen MR) is 214 cm³/mol. The van der Waals surface area contributed by atoms with Gasteiger partial charge in [-0.05, 0) is 97.4 Å². The van der Waals surface area contributed by atoms with Crippen molar-refractivity contribution in [3.63, 3.8) is 0 Å². The maximum absolute atomic E-state index is 10.8. The molecule has 1 unspecified atom stereocenters. The van der Waals surface area contributed by atoms with Gasteiger partial charge in [0.05, 0.1) is 12.7 Å². The average Bonchev–Trinajstić information content (AvgIpc) is 3.03. The Hall–Kier alpha value is -0.900. The van der Waals surface area contributed by atoms with Crippen molar-refractivity contribution in [1.82, 2.24) is 4.90 Å². The van der Waals surface area contributed by atoms with Crippen LogP contribution >= 0.6 is 7.57 Å². The van der Waals surface area contributed by atoms with Gasteiger partial charge in [0.1, 0.15) is 0 Å². The Labute approximate surface area is 294 Å². The van der Waals surface area contributed by atoms with Crippen LogP contribution in [0.1, 0.15) is 181 Å². The maximum atomic E-state index is 10.8. The van der Waals surface area contributed by atoms with E-state index in [1.807, 2.05) is 19.0 Å². The first-order valence-electron chi connectivity index (χ1n) is 19.9. The highest BCUT2D eigenvalue weighted by molar-refractivity contribution is 7.58. The number of rotatable bonds is 36. The molecule has 4 nitrogen and oxygen atoms in total. The summed E-state index contributed by atoms with van der Waals surface area (Å²) >= 11 is 0. The molecule has 0 fully saturated rings. The van der Waals surface area contributed by atoms with Gasteiger partial charge in [-0.2, -0.15) is 0 Å². The molecule has 0 bridgehead atoms. The van der Waals surface area contributed by atoms with E-state index in [-0.39, 0.29) is 6.10 Å². The van der Waals surface area contributed by atoms with Crippen LogP contribution in [-0.4, -0.2) is 49.4 Å². The zero-order valence-electron chi connectivity index (χ0n) is 31.9. The van der Waals surface area contributed by atoms with E-state index in [1.54, 1.807) is 0 Å². The highest BCUT2D eigenvalue weighted by atomic mass is 31.2. The lowest BCUT2D eigenvalue weighted by molar-refractivity contribution is 0.118. The van der Waals surface area contributed by atoms with Gasteiger partial charge in [-0.3, -0.25) is 0 Å². The number of hydrogen-bond donors (Lipinski definition) is 1. The standard InChI is InChI=1S/C42H80NO3P/c1-6-8-10-12-14-16-18-20-22-24-26-28-30-32-34-36-38-42(46-47(5,44)45-41-40-43(3)4)39-37-35-33-31-29-27-25-23-21-19-17-15-13-11-9-7-2/h14-17,20-23,42,44H,5-13,18-19,24-41H2,1-4H3/b16-14-,17-15-,22-20-,23-21-. The molecule has 0 aromatic carbocycles. The van der Waals surface area contributed by atoms with Crippen LogP contribution in [0.3, 0.4) is 0 Å². The van der Waals surface area contributed by atoms with E-state index in [0.29, 0.717) is 6.61 Å². The molecule has 0 saturated carbocycles. The lowest BCUT2D eigenvalue weighted by atomic mass is 10.0. The smallest absolute Gasteiger partial charge is 0.248 e. The quantitative estimate of drug-likeness (QED) is 0.0407. The van der Waals surface area contributed by atoms with Crippen molar-refractivity contribution in [2.75, 3.05) is 27.2 Å². The molecule has 1 atom stereocenters. The molecule has 0 aliphatic heterocycles. The first-order chi connectivity index (χ1) is 22.9. The molecule has 0 aliphatic carbocycles. The van der Waals surface area contributed by atoms with Crippen LogP contribution in [0.5, 0.6) is 0 Å². The van der Waals surface area contributed by atoms with E-state index in [9.17, 15) is 4.89 Å². The second-order valence-corrected chi connectivity index (χ2v) is 15.5. The first kappa shape index (κ1) is 46.1. The van der Waals surface area contributed by atoms with Crippen molar-refractivity contribution in [1.29, 1.82) is 0 Å². The van der Waals surface area contributed by atoms with E-state index < -0.39 is 7.57 Å². The second kappa shape index (κ2) is 36.4. The van der Waals surface area contributed by atoms with Gasteiger partial charge in [0.25, 0.3) is 0 Å². The fourth-order valence-electron chi connectivity index (χ4n) is 5.60. The maximum Gasteiger partial charge on any atom is 0.248 e. The predicted octanol–water partition coefficient (Wildman–Crippen LogP) is 13.5. The third-order valence-electron chi connectivity index (χ3n) is 8.60. The molecule has 47 heavy (non-hydrogen) atoms. The van der Waals surface area contributed by atoms with Crippen molar-refractivity contribution >= 4 is 13.9 Å². The molecular weight excluding hydrogens is 597 g/mol. The molecule has 0 radical (unpaired) electrons. The molecule has 0 heterocycles. The number of unbranched alkanes of at least 4 members (excludes halogenated alkanes) is 18. The fraction of sp³-hybridized carbons (Fsp3) is 0.786. The summed E-state index contributed by atoms with van der Waals surface area (Å²) in [6.45, 7) is 5.72. The van der Waals surface area contributed by atoms with Crippen LogP contribution in [0.25, 0.3) is 0 Å². The van der Waals surface area contributed by atoms with Gasteiger partial charge in [0.15, 0.2) is 0 Å². The Kier molecular flexibility index (Phi) is 35.7. The molecule has 0 rings (SSSR count). The summed E-state index contributed by atoms with van der Waals surface area (Å²) in [7, 11) is 0.974. The van der Waals surface area contributed by atoms with Crippen LogP contribution in [-0.2, 0) is 9.05 Å². The molecule has 276 valence electrons. The van der Waals surface area contributed by atoms with E-state index in [0.717, 1.165) is 45.1 Å². The lowest BCUT2D eigenvalue weighted by Crippen LogP contribution is -2.19. The normalized spacial score (nSPS) is 13.9. The van der Waals surface area contributed by atoms with Crippen molar-refractivity contribution in [2.24, 2.45) is 0 Å². The zero-order valence-corrected chi connectivity index (χ0v) is 32.8. The van der Waals surface area contributed by atoms with Crippen LogP contribution in [0.15, 0.2) is 48.6 Å². The summed E-state index contributed by atoms with van der Waals surface area (Å²) in [5.41, 5.74) is 0. The summed E-state index contributed by atoms with van der Waals surface area (Å²) in [5, 5.41) is 0. The molecule has 0 aromatic rings. The summed E-state index contributed by atoms with van der Waals surface area (Å²) in [5.74, 6) is 0. The first-order valence-corrected chi connectivity index (χ1v) is 21.7. The third-order valence-corrected chi connectivity index (χ3v) is 9.81. The van der Waals surface area contributed by atoms with Gasteiger partial charge < -0.3 is 18.8 Å². The van der Waals surface area contributed by atoms with Crippen molar-refractivity contribution < 1.29 is 13.9 Å². The van der Waals surface area contributed by atoms with E-state index in [2.05, 4.69) is 68.8 Å². The summed E-state index contributed by atoms with van der Waals surface area (Å²) in [6.07, 6.45) is 54.7. The topological polar surface area (TPSA) is 41.9 Å². The average molecular weight is 678 g/mol. The molecule has 0 spiro atoms. The largest absolute Gasteiger partial charge is 0.333 e. The number of likely N-dealkylation sites (N-methyl/N-ethyl adjacent to an activating group) is 1. The summed E-state index contributed by atoms with van der Waals surface area (Å²) in [6, 6.07) is 0. The molecule has 1 N–H and O–H groups in total. The molecule has 0 amide bonds. The van der Waals surface area contributed by atoms with E-state index in [1.165, 1.54) is 128 Å². The minimum Gasteiger partial charge on any atom is -0.333 e. The van der Waals surface area contributed by atoms with Gasteiger partial charge >= 0.3 is 0 Å². The Morgan fingerprint density at radius 2 is 0.915 bits per heavy atom. The minimum absolute atomic E-state index is 0.0434. The van der Waals surface area contributed by atoms with Crippen LogP contribution in [0.4, 0.5) is 0 Å². The number of hydrogen-bond acceptors (Lipinski definition) is 4. The van der Waals surface area contributed by atoms with Gasteiger partial charge in [0, 0.05) is 6.54 Å². The van der Waals surface area contributed by atoms with Crippen LogP contribution in [0.2, 0.25) is 0 Å². The Morgan fingerprint density at radius 3 is 1.30 bits per heavy atom. The second-order valence-electron chi connectivity index (χ2n) is 13.7. The highest BCUT2D eigenvalue weighted by Crippen LogP contribution is 2.45. The van der Waals surface area contributed by atoms with Gasteiger partial charge in [-0.25, -0.2) is 0 Å². The fourth-order valence-corrected chi connectivity index (χ4v) is 6.70. The SMILES string of the molecule is C=P(O)(OCCN(C)C)OC(CCCCCCCC/C=C\C/C=C\CCCCC)CCCCCCCC/C=C\C/C=C\CCCCC. The Balaban J connectivity index is 4.14. The summed E-state index contributed by atoms with van der Waals surface area (Å²) < 4.78 is 11.9. The summed E-state index contributed by atoms with van der Waals surface area (Å²) in [4.78, 5) is 12.8. The van der Waals surface area contributed by atoms with Gasteiger partial charge in [0.2, 0.25) is 7.57 Å². The Morgan fingerprint density at radius 1 is 0.553 bits per heavy atom. The third kappa shape index (κ3) is 37.8. The van der Waals surface area contributed by atoms with Gasteiger partial charge in [-0.1, -0.05) is 152 Å². The van der Waals surface area contributed by atoms with Crippen molar-refractivity contribution in [3.05, 3.63) is 48.6 Å². The molecular formula is C42H80NO3P. The van der Waals surface area contributed by atoms with Crippen LogP contribution in [0, 0.1) is 0 Å². The zero-order chi connectivity index (χ0) is 34.5. The van der Waals surface area contributed by atoms with Crippen LogP contribution < -0.4 is 0 Å². The Bertz CT molecular complexity index is 756. The lowest BCUT2D eigenvalue weighted by Gasteiger charge is -2.26.